The van der Waals surface area contributed by atoms with Gasteiger partial charge in [-0.15, -0.1) is 0 Å². The summed E-state index contributed by atoms with van der Waals surface area (Å²) in [7, 11) is 1.68. The molecule has 0 saturated carbocycles. The Kier molecular flexibility index (Phi) is 4.94. The van der Waals surface area contributed by atoms with Gasteiger partial charge < -0.3 is 20.9 Å². The quantitative estimate of drug-likeness (QED) is 0.684. The first-order valence-electron chi connectivity index (χ1n) is 11.5. The summed E-state index contributed by atoms with van der Waals surface area (Å²) in [5.74, 6) is 1.09. The van der Waals surface area contributed by atoms with Crippen molar-refractivity contribution in [2.75, 3.05) is 19.4 Å². The van der Waals surface area contributed by atoms with Crippen LogP contribution in [0.5, 0.6) is 5.75 Å². The molecule has 5 rings (SSSR count). The molecule has 1 amide bonds. The van der Waals surface area contributed by atoms with Crippen molar-refractivity contribution in [1.29, 1.82) is 0 Å². The fourth-order valence-electron chi connectivity index (χ4n) is 5.55. The lowest BCUT2D eigenvalue weighted by molar-refractivity contribution is -0.134. The van der Waals surface area contributed by atoms with E-state index in [1.54, 1.807) is 7.05 Å². The molecule has 7 heteroatoms. The molecule has 3 aliphatic heterocycles. The first-order valence-corrected chi connectivity index (χ1v) is 11.5. The molecule has 0 radical (unpaired) electrons. The van der Waals surface area contributed by atoms with E-state index in [2.05, 4.69) is 13.8 Å². The van der Waals surface area contributed by atoms with Crippen molar-refractivity contribution in [3.63, 3.8) is 0 Å². The number of guanidine groups is 1. The van der Waals surface area contributed by atoms with E-state index < -0.39 is 5.54 Å². The van der Waals surface area contributed by atoms with Gasteiger partial charge in [-0.3, -0.25) is 9.69 Å². The second-order valence-corrected chi connectivity index (χ2v) is 10.2. The number of nitrogens with zero attached hydrogens (tertiary/aromatic N) is 2. The highest BCUT2D eigenvalue weighted by atomic mass is 16.5. The molecule has 2 aromatic carbocycles. The third-order valence-electron chi connectivity index (χ3n) is 7.34. The highest BCUT2D eigenvalue weighted by Crippen LogP contribution is 2.50. The van der Waals surface area contributed by atoms with Gasteiger partial charge in [0.2, 0.25) is 0 Å². The Balaban J connectivity index is 1.62. The molecule has 1 unspecified atom stereocenters. The average Bonchev–Trinajstić information content (AvgIpc) is 2.98. The molecule has 3 aliphatic rings. The van der Waals surface area contributed by atoms with Gasteiger partial charge in [0.05, 0.1) is 5.60 Å². The normalized spacial score (nSPS) is 28.4. The van der Waals surface area contributed by atoms with Crippen molar-refractivity contribution in [3.8, 4) is 16.9 Å². The lowest BCUT2D eigenvalue weighted by Gasteiger charge is -2.44. The number of hydrogen-bond acceptors (Lipinski definition) is 6. The lowest BCUT2D eigenvalue weighted by atomic mass is 9.74. The van der Waals surface area contributed by atoms with E-state index in [0.717, 1.165) is 35.1 Å². The number of ether oxygens (including phenoxy) is 2. The maximum absolute atomic E-state index is 13.6. The van der Waals surface area contributed by atoms with Crippen LogP contribution in [0.3, 0.4) is 0 Å². The first kappa shape index (κ1) is 21.8. The van der Waals surface area contributed by atoms with E-state index in [9.17, 15) is 4.79 Å². The van der Waals surface area contributed by atoms with Gasteiger partial charge in [-0.05, 0) is 74.6 Å². The summed E-state index contributed by atoms with van der Waals surface area (Å²) in [6.07, 6.45) is 2.08. The van der Waals surface area contributed by atoms with Gasteiger partial charge in [-0.2, -0.15) is 0 Å². The Morgan fingerprint density at radius 2 is 1.91 bits per heavy atom. The van der Waals surface area contributed by atoms with Gasteiger partial charge in [-0.1, -0.05) is 12.1 Å². The highest BCUT2D eigenvalue weighted by molar-refractivity contribution is 6.07. The largest absolute Gasteiger partial charge is 0.490 e. The summed E-state index contributed by atoms with van der Waals surface area (Å²) in [5.41, 5.74) is 15.5. The molecule has 33 heavy (non-hydrogen) atoms. The number of carbonyl (C=O) groups is 1. The monoisotopic (exact) mass is 448 g/mol. The number of fused-ring (bicyclic) bond motifs is 2. The second kappa shape index (κ2) is 7.48. The van der Waals surface area contributed by atoms with E-state index in [4.69, 9.17) is 25.9 Å². The zero-order valence-corrected chi connectivity index (χ0v) is 19.7. The molecule has 1 spiro atoms. The van der Waals surface area contributed by atoms with Crippen molar-refractivity contribution in [1.82, 2.24) is 4.90 Å². The zero-order chi connectivity index (χ0) is 23.5. The number of carbonyl (C=O) groups excluding carboxylic acids is 1. The molecule has 2 aromatic rings. The first-order chi connectivity index (χ1) is 15.6. The summed E-state index contributed by atoms with van der Waals surface area (Å²) in [6, 6.07) is 11.9. The molecule has 1 fully saturated rings. The van der Waals surface area contributed by atoms with Crippen LogP contribution < -0.4 is 16.2 Å². The van der Waals surface area contributed by atoms with Crippen molar-refractivity contribution in [2.45, 2.75) is 57.3 Å². The third-order valence-corrected chi connectivity index (χ3v) is 7.34. The molecule has 174 valence electrons. The van der Waals surface area contributed by atoms with Crippen molar-refractivity contribution >= 4 is 17.6 Å². The number of rotatable bonds is 2. The molecule has 3 heterocycles. The second-order valence-electron chi connectivity index (χ2n) is 10.2. The van der Waals surface area contributed by atoms with Crippen molar-refractivity contribution < 1.29 is 14.3 Å². The topological polar surface area (TPSA) is 103 Å². The summed E-state index contributed by atoms with van der Waals surface area (Å²) >= 11 is 0. The molecule has 4 N–H and O–H groups in total. The fourth-order valence-corrected chi connectivity index (χ4v) is 5.55. The van der Waals surface area contributed by atoms with Crippen molar-refractivity contribution in [3.05, 3.63) is 47.5 Å². The molecule has 1 saturated heterocycles. The Bertz CT molecular complexity index is 1160. The minimum Gasteiger partial charge on any atom is -0.490 e. The Labute approximate surface area is 194 Å². The number of likely N-dealkylation sites (N-methyl/N-ethyl adjacent to an activating group) is 1. The van der Waals surface area contributed by atoms with Crippen molar-refractivity contribution in [2.24, 2.45) is 16.6 Å². The van der Waals surface area contributed by atoms with E-state index in [1.165, 1.54) is 4.90 Å². The number of amides is 1. The van der Waals surface area contributed by atoms with Gasteiger partial charge in [0.25, 0.3) is 5.91 Å². The van der Waals surface area contributed by atoms with E-state index in [1.807, 2.05) is 43.3 Å². The molecular weight excluding hydrogens is 416 g/mol. The fraction of sp³-hybridized carbons (Fsp3) is 0.462. The van der Waals surface area contributed by atoms with Crippen LogP contribution in [0.25, 0.3) is 11.1 Å². The average molecular weight is 449 g/mol. The third kappa shape index (κ3) is 3.55. The minimum atomic E-state index is -1.08. The van der Waals surface area contributed by atoms with Crippen LogP contribution in [0.1, 0.15) is 44.2 Å². The van der Waals surface area contributed by atoms with E-state index >= 15 is 0 Å². The number of nitrogen functional groups attached to an aromatic ring is 1. The Morgan fingerprint density at radius 3 is 2.61 bits per heavy atom. The lowest BCUT2D eigenvalue weighted by Crippen LogP contribution is -2.49. The molecule has 0 bridgehead atoms. The van der Waals surface area contributed by atoms with Crippen LogP contribution in [-0.2, 0) is 15.1 Å². The van der Waals surface area contributed by atoms with Crippen LogP contribution in [0, 0.1) is 12.8 Å². The number of aryl methyl sites for hydroxylation is 1. The van der Waals surface area contributed by atoms with Crippen LogP contribution in [0.4, 0.5) is 5.69 Å². The van der Waals surface area contributed by atoms with Gasteiger partial charge >= 0.3 is 0 Å². The van der Waals surface area contributed by atoms with E-state index in [0.29, 0.717) is 24.5 Å². The number of aliphatic imine (C=N–C) groups is 1. The summed E-state index contributed by atoms with van der Waals surface area (Å²) in [4.78, 5) is 19.8. The number of nitrogens with two attached hydrogens (primary N) is 2. The standard InChI is InChI=1S/C26H32N4O3/c1-15-5-7-18(27)12-19(15)16-6-8-21-20(11-16)26(23(31)30(4)24(28)29-26)14-22(33-21)17-9-10-32-25(2,3)13-17/h5-8,11-12,17,22H,9-10,13-14,27H2,1-4H3,(H2,28,29)/t17?,22-,26+/m1/s1. The number of anilines is 1. The number of hydrogen-bond donors (Lipinski definition) is 2. The molecule has 3 atom stereocenters. The molecule has 0 aromatic heterocycles. The van der Waals surface area contributed by atoms with E-state index in [-0.39, 0.29) is 29.5 Å². The summed E-state index contributed by atoms with van der Waals surface area (Å²) in [5, 5.41) is 0. The SMILES string of the molecule is Cc1ccc(N)cc1-c1ccc2c(c1)[C@]1(C[C@H](C3CCOC(C)(C)C3)O2)N=C(N)N(C)C1=O. The smallest absolute Gasteiger partial charge is 0.261 e. The number of benzene rings is 2. The van der Waals surface area contributed by atoms with Gasteiger partial charge in [0, 0.05) is 37.2 Å². The van der Waals surface area contributed by atoms with Crippen LogP contribution >= 0.6 is 0 Å². The summed E-state index contributed by atoms with van der Waals surface area (Å²) < 4.78 is 12.5. The Morgan fingerprint density at radius 1 is 1.12 bits per heavy atom. The predicted octanol–water partition coefficient (Wildman–Crippen LogP) is 3.58. The molecule has 7 nitrogen and oxygen atoms in total. The molecule has 0 aliphatic carbocycles. The maximum Gasteiger partial charge on any atom is 0.261 e. The Hall–Kier alpha value is -3.06. The van der Waals surface area contributed by atoms with Gasteiger partial charge in [0.1, 0.15) is 11.9 Å². The zero-order valence-electron chi connectivity index (χ0n) is 19.7. The van der Waals surface area contributed by atoms with Gasteiger partial charge in [0.15, 0.2) is 11.5 Å². The predicted molar refractivity (Wildman–Crippen MR) is 129 cm³/mol. The minimum absolute atomic E-state index is 0.109. The van der Waals surface area contributed by atoms with Gasteiger partial charge in [-0.25, -0.2) is 4.99 Å². The highest BCUT2D eigenvalue weighted by Gasteiger charge is 2.55. The van der Waals surface area contributed by atoms with Crippen LogP contribution in [0.15, 0.2) is 41.4 Å². The summed E-state index contributed by atoms with van der Waals surface area (Å²) in [6.45, 7) is 6.95. The molecular formula is C26H32N4O3. The van der Waals surface area contributed by atoms with Crippen LogP contribution in [0.2, 0.25) is 0 Å². The maximum atomic E-state index is 13.6. The van der Waals surface area contributed by atoms with Crippen LogP contribution in [-0.4, -0.2) is 42.1 Å².